The molecule has 2 aromatic heterocycles. The lowest BCUT2D eigenvalue weighted by Crippen LogP contribution is -2.51. The number of methoxy groups -OCH3 is 2. The molecule has 11 nitrogen and oxygen atoms in total. The summed E-state index contributed by atoms with van der Waals surface area (Å²) in [6.45, 7) is 0. The van der Waals surface area contributed by atoms with Crippen LogP contribution in [0.3, 0.4) is 0 Å². The number of aliphatic hydroxyl groups is 2. The maximum Gasteiger partial charge on any atom is 0.256 e. The quantitative estimate of drug-likeness (QED) is 0.171. The van der Waals surface area contributed by atoms with Crippen molar-refractivity contribution < 1.29 is 29.2 Å². The van der Waals surface area contributed by atoms with Gasteiger partial charge in [0.25, 0.3) is 5.91 Å². The molecule has 0 spiro atoms. The summed E-state index contributed by atoms with van der Waals surface area (Å²) in [5.41, 5.74) is 1.98. The maximum atomic E-state index is 12.9. The molecule has 6 aromatic rings. The van der Waals surface area contributed by atoms with Gasteiger partial charge in [-0.3, -0.25) is 9.36 Å². The highest BCUT2D eigenvalue weighted by molar-refractivity contribution is 6.06. The molecule has 49 heavy (non-hydrogen) atoms. The van der Waals surface area contributed by atoms with Crippen molar-refractivity contribution in [3.05, 3.63) is 144 Å². The average molecular weight is 658 g/mol. The van der Waals surface area contributed by atoms with Gasteiger partial charge in [0.15, 0.2) is 17.0 Å². The van der Waals surface area contributed by atoms with E-state index in [2.05, 4.69) is 20.3 Å². The third-order valence-electron chi connectivity index (χ3n) is 9.12. The van der Waals surface area contributed by atoms with Crippen LogP contribution in [-0.2, 0) is 10.2 Å². The molecule has 7 rings (SSSR count). The molecule has 11 heteroatoms. The fourth-order valence-electron chi connectivity index (χ4n) is 6.89. The second-order valence-electron chi connectivity index (χ2n) is 11.7. The molecule has 1 unspecified atom stereocenters. The Bertz CT molecular complexity index is 2020. The highest BCUT2D eigenvalue weighted by atomic mass is 16.5. The van der Waals surface area contributed by atoms with Gasteiger partial charge in [-0.15, -0.1) is 0 Å². The predicted molar refractivity (Wildman–Crippen MR) is 183 cm³/mol. The summed E-state index contributed by atoms with van der Waals surface area (Å²) in [6, 6.07) is 33.4. The highest BCUT2D eigenvalue weighted by Gasteiger charge is 2.54. The summed E-state index contributed by atoms with van der Waals surface area (Å²) < 4.78 is 20.1. The van der Waals surface area contributed by atoms with Crippen LogP contribution in [0.15, 0.2) is 122 Å². The fraction of sp³-hybridized carbons (Fsp3) is 0.211. The fourth-order valence-corrected chi connectivity index (χ4v) is 6.89. The number of rotatable bonds is 10. The van der Waals surface area contributed by atoms with Gasteiger partial charge in [-0.05, 0) is 29.8 Å². The summed E-state index contributed by atoms with van der Waals surface area (Å²) in [5, 5.41) is 27.3. The number of hydrogen-bond donors (Lipinski definition) is 3. The van der Waals surface area contributed by atoms with Gasteiger partial charge in [-0.2, -0.15) is 0 Å². The zero-order valence-corrected chi connectivity index (χ0v) is 26.9. The average Bonchev–Trinajstić information content (AvgIpc) is 3.77. The number of para-hydroxylation sites is 2. The zero-order chi connectivity index (χ0) is 34.0. The second kappa shape index (κ2) is 13.5. The van der Waals surface area contributed by atoms with Gasteiger partial charge < -0.3 is 29.7 Å². The van der Waals surface area contributed by atoms with Crippen molar-refractivity contribution in [1.82, 2.24) is 19.5 Å². The van der Waals surface area contributed by atoms with E-state index < -0.39 is 30.0 Å². The molecule has 0 saturated carbocycles. The Balaban J connectivity index is 1.31. The molecule has 3 N–H and O–H groups in total. The Hall–Kier alpha value is -5.62. The van der Waals surface area contributed by atoms with Crippen LogP contribution in [0.4, 0.5) is 5.82 Å². The van der Waals surface area contributed by atoms with E-state index in [-0.39, 0.29) is 18.1 Å². The minimum Gasteiger partial charge on any atom is -0.496 e. The number of aromatic nitrogens is 4. The Morgan fingerprint density at radius 2 is 1.45 bits per heavy atom. The number of imidazole rings is 1. The smallest absolute Gasteiger partial charge is 0.256 e. The van der Waals surface area contributed by atoms with E-state index in [0.717, 1.165) is 5.56 Å². The molecular formula is C38H35N5O6. The standard InChI is InChI=1S/C38H35N5O6/c1-47-29-19-11-9-17-26(29)38(25-15-7-4-8-16-25,27-18-10-12-20-30(27)48-2)34(45)33-28(44)21-31(49-33)43-23-41-32-35(39-22-40-36(32)43)42-37(46)24-13-5-3-6-14-24/h3-20,22-23,28,31,33-34,44-45H,21H2,1-2H3,(H,39,40,42,46)/t28-,31+,33-,34?/m0/s1. The Morgan fingerprint density at radius 1 is 0.857 bits per heavy atom. The van der Waals surface area contributed by atoms with Gasteiger partial charge >= 0.3 is 0 Å². The number of carbonyl (C=O) groups excluding carboxylic acids is 1. The minimum atomic E-state index is -1.35. The van der Waals surface area contributed by atoms with Crippen molar-refractivity contribution >= 4 is 22.9 Å². The number of fused-ring (bicyclic) bond motifs is 1. The topological polar surface area (TPSA) is 141 Å². The Morgan fingerprint density at radius 3 is 2.08 bits per heavy atom. The molecule has 1 amide bonds. The molecule has 1 aliphatic heterocycles. The predicted octanol–water partition coefficient (Wildman–Crippen LogP) is 5.14. The maximum absolute atomic E-state index is 12.9. The first-order chi connectivity index (χ1) is 24.0. The highest BCUT2D eigenvalue weighted by Crippen LogP contribution is 2.51. The van der Waals surface area contributed by atoms with Crippen molar-refractivity contribution in [2.75, 3.05) is 19.5 Å². The summed E-state index contributed by atoms with van der Waals surface area (Å²) in [7, 11) is 3.17. The van der Waals surface area contributed by atoms with Crippen LogP contribution in [0.25, 0.3) is 11.2 Å². The Labute approximate surface area is 282 Å². The van der Waals surface area contributed by atoms with E-state index in [9.17, 15) is 15.0 Å². The number of benzene rings is 4. The van der Waals surface area contributed by atoms with Crippen LogP contribution in [0.5, 0.6) is 11.5 Å². The van der Waals surface area contributed by atoms with Gasteiger partial charge in [0.2, 0.25) is 0 Å². The first-order valence-electron chi connectivity index (χ1n) is 15.8. The van der Waals surface area contributed by atoms with Gasteiger partial charge in [0.05, 0.1) is 32.1 Å². The second-order valence-corrected chi connectivity index (χ2v) is 11.7. The van der Waals surface area contributed by atoms with Crippen LogP contribution < -0.4 is 14.8 Å². The first-order valence-corrected chi connectivity index (χ1v) is 15.8. The minimum absolute atomic E-state index is 0.131. The van der Waals surface area contributed by atoms with Crippen molar-refractivity contribution in [2.45, 2.75) is 36.4 Å². The number of aliphatic hydroxyl groups excluding tert-OH is 2. The zero-order valence-electron chi connectivity index (χ0n) is 26.9. The summed E-state index contributed by atoms with van der Waals surface area (Å²) >= 11 is 0. The molecule has 0 bridgehead atoms. The molecule has 1 fully saturated rings. The molecule has 1 aliphatic rings. The van der Waals surface area contributed by atoms with E-state index in [1.54, 1.807) is 43.1 Å². The molecule has 4 aromatic carbocycles. The van der Waals surface area contributed by atoms with E-state index in [1.165, 1.54) is 12.7 Å². The van der Waals surface area contributed by atoms with Crippen molar-refractivity contribution in [3.63, 3.8) is 0 Å². The molecule has 248 valence electrons. The monoisotopic (exact) mass is 657 g/mol. The lowest BCUT2D eigenvalue weighted by atomic mass is 9.63. The van der Waals surface area contributed by atoms with Gasteiger partial charge in [0.1, 0.15) is 36.3 Å². The van der Waals surface area contributed by atoms with E-state index in [1.807, 2.05) is 84.9 Å². The SMILES string of the molecule is COc1ccccc1C(c1ccccc1)(c1ccccc1OC)C(O)[C@H]1O[C@@H](n2cnc3c(NC(=O)c4ccccc4)ncnc32)C[C@@H]1O. The normalized spacial score (nSPS) is 18.2. The molecular weight excluding hydrogens is 622 g/mol. The van der Waals surface area contributed by atoms with Crippen molar-refractivity contribution in [2.24, 2.45) is 0 Å². The van der Waals surface area contributed by atoms with E-state index in [4.69, 9.17) is 14.2 Å². The number of carbonyl (C=O) groups is 1. The van der Waals surface area contributed by atoms with Crippen molar-refractivity contribution in [3.8, 4) is 11.5 Å². The number of nitrogens with one attached hydrogen (secondary N) is 1. The van der Waals surface area contributed by atoms with Crippen LogP contribution >= 0.6 is 0 Å². The van der Waals surface area contributed by atoms with Gasteiger partial charge in [-0.25, -0.2) is 15.0 Å². The molecule has 3 heterocycles. The number of hydrogen-bond acceptors (Lipinski definition) is 9. The summed E-state index contributed by atoms with van der Waals surface area (Å²) in [5.74, 6) is 0.990. The Kier molecular flexibility index (Phi) is 8.79. The van der Waals surface area contributed by atoms with Gasteiger partial charge in [0, 0.05) is 23.1 Å². The van der Waals surface area contributed by atoms with Gasteiger partial charge in [-0.1, -0.05) is 84.9 Å². The van der Waals surface area contributed by atoms with Crippen LogP contribution in [0, 0.1) is 0 Å². The number of ether oxygens (including phenoxy) is 3. The number of nitrogens with zero attached hydrogens (tertiary/aromatic N) is 4. The number of anilines is 1. The molecule has 1 saturated heterocycles. The van der Waals surface area contributed by atoms with Crippen molar-refractivity contribution in [1.29, 1.82) is 0 Å². The number of amides is 1. The largest absolute Gasteiger partial charge is 0.496 e. The van der Waals surface area contributed by atoms with E-state index in [0.29, 0.717) is 39.4 Å². The first kappa shape index (κ1) is 32.0. The molecule has 4 atom stereocenters. The van der Waals surface area contributed by atoms with Crippen LogP contribution in [0.1, 0.15) is 39.7 Å². The summed E-state index contributed by atoms with van der Waals surface area (Å²) in [4.78, 5) is 26.1. The third-order valence-corrected chi connectivity index (χ3v) is 9.12. The lowest BCUT2D eigenvalue weighted by molar-refractivity contribution is -0.0963. The van der Waals surface area contributed by atoms with Crippen LogP contribution in [-0.4, -0.2) is 68.2 Å². The molecule has 0 radical (unpaired) electrons. The van der Waals surface area contributed by atoms with Crippen LogP contribution in [0.2, 0.25) is 0 Å². The third kappa shape index (κ3) is 5.57. The summed E-state index contributed by atoms with van der Waals surface area (Å²) in [6.07, 6.45) is -1.28. The van der Waals surface area contributed by atoms with E-state index >= 15 is 0 Å². The lowest BCUT2D eigenvalue weighted by Gasteiger charge is -2.43. The molecule has 0 aliphatic carbocycles.